The van der Waals surface area contributed by atoms with Crippen molar-refractivity contribution in [1.82, 2.24) is 4.90 Å². The van der Waals surface area contributed by atoms with E-state index in [1.54, 1.807) is 6.20 Å². The van der Waals surface area contributed by atoms with E-state index in [-0.39, 0.29) is 0 Å². The molecule has 3 nitrogen and oxygen atoms in total. The Bertz CT molecular complexity index is 375. The predicted octanol–water partition coefficient (Wildman–Crippen LogP) is 4.20. The summed E-state index contributed by atoms with van der Waals surface area (Å²) in [6.45, 7) is 14.5. The fraction of sp³-hybridized carbons (Fsp3) is 0.500. The van der Waals surface area contributed by atoms with Crippen molar-refractivity contribution in [3.8, 4) is 0 Å². The van der Waals surface area contributed by atoms with Crippen molar-refractivity contribution in [1.29, 1.82) is 0 Å². The van der Waals surface area contributed by atoms with Crippen LogP contribution in [0.2, 0.25) is 0 Å². The largest absolute Gasteiger partial charge is 0.360 e. The Balaban J connectivity index is 4.47. The van der Waals surface area contributed by atoms with Gasteiger partial charge in [0.05, 0.1) is 0 Å². The number of rotatable bonds is 9. The highest BCUT2D eigenvalue weighted by atomic mass is 15.2. The normalized spacial score (nSPS) is 13.4. The molecule has 0 aliphatic rings. The van der Waals surface area contributed by atoms with Crippen molar-refractivity contribution in [3.63, 3.8) is 0 Å². The molecule has 0 N–H and O–H groups in total. The third-order valence-corrected chi connectivity index (χ3v) is 2.73. The van der Waals surface area contributed by atoms with Crippen LogP contribution in [-0.4, -0.2) is 30.9 Å². The van der Waals surface area contributed by atoms with Gasteiger partial charge in [0.1, 0.15) is 5.82 Å². The van der Waals surface area contributed by atoms with Crippen molar-refractivity contribution in [2.24, 2.45) is 9.98 Å². The van der Waals surface area contributed by atoms with Crippen LogP contribution in [0.25, 0.3) is 0 Å². The molecule has 0 saturated heterocycles. The van der Waals surface area contributed by atoms with Crippen molar-refractivity contribution < 1.29 is 0 Å². The van der Waals surface area contributed by atoms with Gasteiger partial charge in [0.15, 0.2) is 0 Å². The maximum absolute atomic E-state index is 4.16. The highest BCUT2D eigenvalue weighted by molar-refractivity contribution is 5.84. The summed E-state index contributed by atoms with van der Waals surface area (Å²) in [6.07, 6.45) is 8.76. The zero-order valence-electron chi connectivity index (χ0n) is 12.8. The van der Waals surface area contributed by atoms with Gasteiger partial charge in [0.2, 0.25) is 0 Å². The van der Waals surface area contributed by atoms with Crippen LogP contribution in [0.5, 0.6) is 0 Å². The number of hydrogen-bond donors (Lipinski definition) is 0. The molecule has 0 radical (unpaired) electrons. The second-order valence-electron chi connectivity index (χ2n) is 4.65. The number of hydrogen-bond acceptors (Lipinski definition) is 3. The van der Waals surface area contributed by atoms with Crippen LogP contribution in [0.1, 0.15) is 40.0 Å². The van der Waals surface area contributed by atoms with E-state index in [0.717, 1.165) is 37.3 Å². The average molecular weight is 261 g/mol. The molecule has 0 aromatic rings. The maximum atomic E-state index is 4.16. The highest BCUT2D eigenvalue weighted by Gasteiger charge is 1.99. The summed E-state index contributed by atoms with van der Waals surface area (Å²) in [5.74, 6) is 0.947. The number of allylic oxidation sites excluding steroid dienone is 3. The molecular weight excluding hydrogens is 234 g/mol. The summed E-state index contributed by atoms with van der Waals surface area (Å²) in [7, 11) is 2.04. The van der Waals surface area contributed by atoms with E-state index in [0.29, 0.717) is 0 Å². The predicted molar refractivity (Wildman–Crippen MR) is 86.9 cm³/mol. The second kappa shape index (κ2) is 10.3. The Hall–Kier alpha value is -1.64. The van der Waals surface area contributed by atoms with Gasteiger partial charge in [-0.25, -0.2) is 4.99 Å². The minimum absolute atomic E-state index is 0.871. The second-order valence-corrected chi connectivity index (χ2v) is 4.65. The summed E-state index contributed by atoms with van der Waals surface area (Å²) in [6, 6.07) is 0. The van der Waals surface area contributed by atoms with Crippen molar-refractivity contribution in [2.45, 2.75) is 40.0 Å². The molecule has 0 rings (SSSR count). The minimum atomic E-state index is 0.871. The van der Waals surface area contributed by atoms with E-state index < -0.39 is 0 Å². The van der Waals surface area contributed by atoms with Gasteiger partial charge >= 0.3 is 0 Å². The molecule has 0 aliphatic heterocycles. The smallest absolute Gasteiger partial charge is 0.123 e. The van der Waals surface area contributed by atoms with Crippen LogP contribution in [-0.2, 0) is 0 Å². The molecule has 19 heavy (non-hydrogen) atoms. The Morgan fingerprint density at radius 2 is 1.95 bits per heavy atom. The molecule has 0 aliphatic carbocycles. The third kappa shape index (κ3) is 8.14. The van der Waals surface area contributed by atoms with Crippen LogP contribution in [0.4, 0.5) is 0 Å². The minimum Gasteiger partial charge on any atom is -0.360 e. The molecule has 106 valence electrons. The van der Waals surface area contributed by atoms with Gasteiger partial charge < -0.3 is 4.90 Å². The molecule has 0 aromatic heterocycles. The number of aliphatic imine (C=N–C) groups is 2. The van der Waals surface area contributed by atoms with Crippen molar-refractivity contribution in [3.05, 3.63) is 36.3 Å². The first-order chi connectivity index (χ1) is 9.04. The summed E-state index contributed by atoms with van der Waals surface area (Å²) in [5.41, 5.74) is 2.39. The lowest BCUT2D eigenvalue weighted by Crippen LogP contribution is -2.17. The summed E-state index contributed by atoms with van der Waals surface area (Å²) in [5, 5.41) is 0. The van der Waals surface area contributed by atoms with Crippen LogP contribution < -0.4 is 0 Å². The summed E-state index contributed by atoms with van der Waals surface area (Å²) in [4.78, 5) is 10.4. The van der Waals surface area contributed by atoms with Gasteiger partial charge in [-0.15, -0.1) is 0 Å². The lowest BCUT2D eigenvalue weighted by Gasteiger charge is -2.17. The van der Waals surface area contributed by atoms with Gasteiger partial charge in [0.25, 0.3) is 0 Å². The van der Waals surface area contributed by atoms with E-state index in [4.69, 9.17) is 0 Å². The number of nitrogens with zero attached hydrogens (tertiary/aromatic N) is 3. The first-order valence-electron chi connectivity index (χ1n) is 6.72. The standard InChI is InChI=1S/C16H27N3/c1-7-12-19(6)16(17-5)11-9-10-14(3)13-15(4)18-8-2/h8,10-11H,2,5,7,9,12-13H2,1,3-4,6H3/b14-10-,16-11+,18-15-. The van der Waals surface area contributed by atoms with Crippen LogP contribution in [0.15, 0.2) is 46.3 Å². The molecular formula is C16H27N3. The fourth-order valence-electron chi connectivity index (χ4n) is 1.83. The summed E-state index contributed by atoms with van der Waals surface area (Å²) >= 11 is 0. The molecule has 0 atom stereocenters. The zero-order valence-corrected chi connectivity index (χ0v) is 12.8. The Kier molecular flexibility index (Phi) is 9.41. The molecule has 0 saturated carbocycles. The van der Waals surface area contributed by atoms with E-state index in [9.17, 15) is 0 Å². The van der Waals surface area contributed by atoms with Gasteiger partial charge in [-0.3, -0.25) is 4.99 Å². The Morgan fingerprint density at radius 3 is 2.47 bits per heavy atom. The quantitative estimate of drug-likeness (QED) is 0.451. The van der Waals surface area contributed by atoms with E-state index in [1.165, 1.54) is 5.57 Å². The van der Waals surface area contributed by atoms with Gasteiger partial charge in [-0.2, -0.15) is 0 Å². The lowest BCUT2D eigenvalue weighted by molar-refractivity contribution is 0.412. The van der Waals surface area contributed by atoms with E-state index in [1.807, 2.05) is 14.0 Å². The lowest BCUT2D eigenvalue weighted by atomic mass is 10.1. The Morgan fingerprint density at radius 1 is 1.26 bits per heavy atom. The zero-order chi connectivity index (χ0) is 14.7. The highest BCUT2D eigenvalue weighted by Crippen LogP contribution is 2.08. The van der Waals surface area contributed by atoms with Crippen LogP contribution >= 0.6 is 0 Å². The first-order valence-corrected chi connectivity index (χ1v) is 6.72. The molecule has 0 heterocycles. The first kappa shape index (κ1) is 17.4. The van der Waals surface area contributed by atoms with Crippen molar-refractivity contribution >= 4 is 12.4 Å². The van der Waals surface area contributed by atoms with Gasteiger partial charge in [0, 0.05) is 31.9 Å². The van der Waals surface area contributed by atoms with Crippen LogP contribution in [0, 0.1) is 0 Å². The van der Waals surface area contributed by atoms with Crippen LogP contribution in [0.3, 0.4) is 0 Å². The monoisotopic (exact) mass is 261 g/mol. The van der Waals surface area contributed by atoms with E-state index in [2.05, 4.69) is 54.2 Å². The third-order valence-electron chi connectivity index (χ3n) is 2.73. The summed E-state index contributed by atoms with van der Waals surface area (Å²) < 4.78 is 0. The molecule has 3 heteroatoms. The Labute approximate surface area is 118 Å². The fourth-order valence-corrected chi connectivity index (χ4v) is 1.83. The molecule has 0 spiro atoms. The maximum Gasteiger partial charge on any atom is 0.123 e. The molecule has 0 unspecified atom stereocenters. The van der Waals surface area contributed by atoms with Gasteiger partial charge in [-0.05, 0) is 39.5 Å². The molecule has 0 amide bonds. The molecule has 0 aromatic carbocycles. The SMILES string of the molecule is C=C/N=C(/C)C/C(C)=C\C/C=C(\N=C)N(C)CCC. The van der Waals surface area contributed by atoms with Crippen molar-refractivity contribution in [2.75, 3.05) is 13.6 Å². The topological polar surface area (TPSA) is 28.0 Å². The molecule has 0 fully saturated rings. The van der Waals surface area contributed by atoms with E-state index >= 15 is 0 Å². The molecule has 0 bridgehead atoms. The average Bonchev–Trinajstić information content (AvgIpc) is 2.35. The van der Waals surface area contributed by atoms with Gasteiger partial charge in [-0.1, -0.05) is 25.2 Å².